The molecule has 4 heteroatoms. The van der Waals surface area contributed by atoms with Gasteiger partial charge in [-0.25, -0.2) is 0 Å². The van der Waals surface area contributed by atoms with Gasteiger partial charge >= 0.3 is 0 Å². The molecule has 3 rings (SSSR count). The minimum atomic E-state index is 0.0726. The molecule has 0 N–H and O–H groups in total. The fourth-order valence-corrected chi connectivity index (χ4v) is 2.57. The van der Waals surface area contributed by atoms with Crippen molar-refractivity contribution in [1.29, 1.82) is 0 Å². The van der Waals surface area contributed by atoms with Crippen LogP contribution in [0.4, 0.5) is 0 Å². The van der Waals surface area contributed by atoms with Gasteiger partial charge in [-0.3, -0.25) is 4.79 Å². The zero-order chi connectivity index (χ0) is 14.5. The molecule has 2 aliphatic rings. The Balaban J connectivity index is 1.33. The maximum Gasteiger partial charge on any atom is 0.248 e. The van der Waals surface area contributed by atoms with Gasteiger partial charge in [-0.05, 0) is 30.7 Å². The van der Waals surface area contributed by atoms with Crippen molar-refractivity contribution >= 4 is 5.91 Å². The number of benzene rings is 1. The van der Waals surface area contributed by atoms with E-state index in [-0.39, 0.29) is 18.6 Å². The van der Waals surface area contributed by atoms with Gasteiger partial charge in [0, 0.05) is 19.7 Å². The summed E-state index contributed by atoms with van der Waals surface area (Å²) in [5.41, 5.74) is 1.09. The summed E-state index contributed by atoms with van der Waals surface area (Å²) in [6.45, 7) is 3.03. The second-order valence-corrected chi connectivity index (χ2v) is 6.01. The molecule has 0 spiro atoms. The standard InChI is InChI=1S/C17H23NO3/c19-17(13-20-11-14-4-2-1-3-5-14)18-9-8-16(10-18)21-12-15-6-7-15/h1-5,15-16H,6-13H2/t16-/m0/s1. The SMILES string of the molecule is O=C(COCc1ccccc1)N1CC[C@H](OCC2CC2)C1. The average Bonchev–Trinajstić information content (AvgIpc) is 3.22. The van der Waals surface area contributed by atoms with Crippen molar-refractivity contribution in [3.63, 3.8) is 0 Å². The van der Waals surface area contributed by atoms with Gasteiger partial charge in [0.2, 0.25) is 5.91 Å². The molecule has 1 aliphatic heterocycles. The summed E-state index contributed by atoms with van der Waals surface area (Å²) in [6.07, 6.45) is 3.80. The zero-order valence-corrected chi connectivity index (χ0v) is 12.4. The maximum atomic E-state index is 12.1. The Kier molecular flexibility index (Phi) is 4.88. The van der Waals surface area contributed by atoms with Crippen molar-refractivity contribution in [3.05, 3.63) is 35.9 Å². The van der Waals surface area contributed by atoms with Crippen LogP contribution in [0.15, 0.2) is 30.3 Å². The molecule has 1 amide bonds. The number of hydrogen-bond donors (Lipinski definition) is 0. The summed E-state index contributed by atoms with van der Waals surface area (Å²) in [5.74, 6) is 0.854. The summed E-state index contributed by atoms with van der Waals surface area (Å²) in [6, 6.07) is 9.93. The number of carbonyl (C=O) groups excluding carboxylic acids is 1. The normalized spacial score (nSPS) is 21.7. The quantitative estimate of drug-likeness (QED) is 0.772. The predicted octanol–water partition coefficient (Wildman–Crippen LogP) is 2.23. The van der Waals surface area contributed by atoms with E-state index in [0.717, 1.165) is 37.6 Å². The molecule has 21 heavy (non-hydrogen) atoms. The number of carbonyl (C=O) groups is 1. The largest absolute Gasteiger partial charge is 0.376 e. The molecule has 1 atom stereocenters. The van der Waals surface area contributed by atoms with Crippen LogP contribution in [-0.4, -0.2) is 43.2 Å². The van der Waals surface area contributed by atoms with Crippen LogP contribution in [0, 0.1) is 5.92 Å². The number of ether oxygens (including phenoxy) is 2. The van der Waals surface area contributed by atoms with Crippen LogP contribution >= 0.6 is 0 Å². The van der Waals surface area contributed by atoms with Crippen molar-refractivity contribution in [2.45, 2.75) is 32.0 Å². The second kappa shape index (κ2) is 7.05. The highest BCUT2D eigenvalue weighted by molar-refractivity contribution is 5.77. The van der Waals surface area contributed by atoms with Crippen LogP contribution in [0.2, 0.25) is 0 Å². The first-order valence-corrected chi connectivity index (χ1v) is 7.82. The van der Waals surface area contributed by atoms with E-state index in [1.807, 2.05) is 35.2 Å². The summed E-state index contributed by atoms with van der Waals surface area (Å²) >= 11 is 0. The van der Waals surface area contributed by atoms with Gasteiger partial charge in [-0.15, -0.1) is 0 Å². The van der Waals surface area contributed by atoms with E-state index in [1.54, 1.807) is 0 Å². The lowest BCUT2D eigenvalue weighted by molar-refractivity contribution is -0.136. The lowest BCUT2D eigenvalue weighted by Crippen LogP contribution is -2.33. The highest BCUT2D eigenvalue weighted by atomic mass is 16.5. The summed E-state index contributed by atoms with van der Waals surface area (Å²) < 4.78 is 11.4. The third-order valence-corrected chi connectivity index (χ3v) is 4.10. The van der Waals surface area contributed by atoms with Crippen molar-refractivity contribution in [3.8, 4) is 0 Å². The minimum Gasteiger partial charge on any atom is -0.376 e. The van der Waals surface area contributed by atoms with Crippen molar-refractivity contribution in [2.24, 2.45) is 5.92 Å². The molecular formula is C17H23NO3. The Bertz CT molecular complexity index is 458. The smallest absolute Gasteiger partial charge is 0.248 e. The molecule has 0 aromatic heterocycles. The molecule has 1 aromatic carbocycles. The Morgan fingerprint density at radius 1 is 1.19 bits per heavy atom. The third kappa shape index (κ3) is 4.55. The monoisotopic (exact) mass is 289 g/mol. The molecular weight excluding hydrogens is 266 g/mol. The molecule has 1 aromatic rings. The highest BCUT2D eigenvalue weighted by Gasteiger charge is 2.29. The summed E-state index contributed by atoms with van der Waals surface area (Å²) in [4.78, 5) is 13.9. The Morgan fingerprint density at radius 3 is 2.76 bits per heavy atom. The highest BCUT2D eigenvalue weighted by Crippen LogP contribution is 2.30. The molecule has 4 nitrogen and oxygen atoms in total. The van der Waals surface area contributed by atoms with Crippen LogP contribution in [0.5, 0.6) is 0 Å². The Hall–Kier alpha value is -1.39. The fraction of sp³-hybridized carbons (Fsp3) is 0.588. The molecule has 114 valence electrons. The molecule has 2 fully saturated rings. The minimum absolute atomic E-state index is 0.0726. The number of amides is 1. The molecule has 1 aliphatic carbocycles. The lowest BCUT2D eigenvalue weighted by Gasteiger charge is -2.16. The van der Waals surface area contributed by atoms with E-state index >= 15 is 0 Å². The summed E-state index contributed by atoms with van der Waals surface area (Å²) in [5, 5.41) is 0. The van der Waals surface area contributed by atoms with Crippen LogP contribution in [-0.2, 0) is 20.9 Å². The van der Waals surface area contributed by atoms with E-state index in [1.165, 1.54) is 12.8 Å². The molecule has 0 radical (unpaired) electrons. The summed E-state index contributed by atoms with van der Waals surface area (Å²) in [7, 11) is 0. The number of hydrogen-bond acceptors (Lipinski definition) is 3. The molecule has 1 heterocycles. The predicted molar refractivity (Wildman–Crippen MR) is 79.8 cm³/mol. The van der Waals surface area contributed by atoms with E-state index in [4.69, 9.17) is 9.47 Å². The van der Waals surface area contributed by atoms with Crippen molar-refractivity contribution in [2.75, 3.05) is 26.3 Å². The third-order valence-electron chi connectivity index (χ3n) is 4.10. The van der Waals surface area contributed by atoms with Gasteiger partial charge in [-0.2, -0.15) is 0 Å². The molecule has 1 saturated carbocycles. The molecule has 1 saturated heterocycles. The number of nitrogens with zero attached hydrogens (tertiary/aromatic N) is 1. The van der Waals surface area contributed by atoms with Gasteiger partial charge in [0.1, 0.15) is 6.61 Å². The number of rotatable bonds is 7. The van der Waals surface area contributed by atoms with Gasteiger partial charge in [0.15, 0.2) is 0 Å². The fourth-order valence-electron chi connectivity index (χ4n) is 2.57. The first kappa shape index (κ1) is 14.5. The number of likely N-dealkylation sites (tertiary alicyclic amines) is 1. The first-order valence-electron chi connectivity index (χ1n) is 7.82. The van der Waals surface area contributed by atoms with Gasteiger partial charge in [0.25, 0.3) is 0 Å². The van der Waals surface area contributed by atoms with E-state index < -0.39 is 0 Å². The molecule has 0 unspecified atom stereocenters. The van der Waals surface area contributed by atoms with E-state index in [2.05, 4.69) is 0 Å². The van der Waals surface area contributed by atoms with E-state index in [0.29, 0.717) is 6.61 Å². The topological polar surface area (TPSA) is 38.8 Å². The van der Waals surface area contributed by atoms with Crippen LogP contribution in [0.1, 0.15) is 24.8 Å². The maximum absolute atomic E-state index is 12.1. The van der Waals surface area contributed by atoms with Crippen molar-refractivity contribution in [1.82, 2.24) is 4.90 Å². The van der Waals surface area contributed by atoms with Gasteiger partial charge in [0.05, 0.1) is 12.7 Å². The van der Waals surface area contributed by atoms with Gasteiger partial charge in [-0.1, -0.05) is 30.3 Å². The molecule has 0 bridgehead atoms. The second-order valence-electron chi connectivity index (χ2n) is 6.01. The average molecular weight is 289 g/mol. The Morgan fingerprint density at radius 2 is 2.00 bits per heavy atom. The zero-order valence-electron chi connectivity index (χ0n) is 12.4. The lowest BCUT2D eigenvalue weighted by atomic mass is 10.2. The van der Waals surface area contributed by atoms with Gasteiger partial charge < -0.3 is 14.4 Å². The van der Waals surface area contributed by atoms with Crippen LogP contribution in [0.25, 0.3) is 0 Å². The van der Waals surface area contributed by atoms with E-state index in [9.17, 15) is 4.79 Å². The van der Waals surface area contributed by atoms with Crippen molar-refractivity contribution < 1.29 is 14.3 Å². The Labute approximate surface area is 126 Å². The first-order chi connectivity index (χ1) is 10.3. The van der Waals surface area contributed by atoms with Crippen LogP contribution < -0.4 is 0 Å². The van der Waals surface area contributed by atoms with Crippen LogP contribution in [0.3, 0.4) is 0 Å².